The van der Waals surface area contributed by atoms with E-state index in [9.17, 15) is 0 Å². The van der Waals surface area contributed by atoms with Gasteiger partial charge in [-0.3, -0.25) is 14.8 Å². The standard InChI is InChI=1S/C12H25N5/c1-3-13-12(14-4-2)15-9-11-10-16-5-7-17(11)8-6-16/h11H,3-10H2,1-2H3,(H2,13,14,15). The van der Waals surface area contributed by atoms with Gasteiger partial charge in [-0.2, -0.15) is 0 Å². The zero-order valence-corrected chi connectivity index (χ0v) is 11.1. The molecular weight excluding hydrogens is 214 g/mol. The van der Waals surface area contributed by atoms with Crippen LogP contribution in [-0.2, 0) is 0 Å². The van der Waals surface area contributed by atoms with E-state index in [4.69, 9.17) is 0 Å². The minimum absolute atomic E-state index is 0.616. The molecule has 3 rings (SSSR count). The molecule has 3 aliphatic heterocycles. The summed E-state index contributed by atoms with van der Waals surface area (Å²) in [6.07, 6.45) is 0. The summed E-state index contributed by atoms with van der Waals surface area (Å²) in [6, 6.07) is 0.616. The van der Waals surface area contributed by atoms with Crippen molar-refractivity contribution in [2.75, 3.05) is 52.4 Å². The number of piperazine rings is 3. The van der Waals surface area contributed by atoms with Crippen molar-refractivity contribution in [2.24, 2.45) is 4.99 Å². The summed E-state index contributed by atoms with van der Waals surface area (Å²) in [7, 11) is 0. The smallest absolute Gasteiger partial charge is 0.191 e. The summed E-state index contributed by atoms with van der Waals surface area (Å²) >= 11 is 0. The number of fused-ring (bicyclic) bond motifs is 3. The Balaban J connectivity index is 1.85. The van der Waals surface area contributed by atoms with Crippen LogP contribution in [0.25, 0.3) is 0 Å². The first-order valence-electron chi connectivity index (χ1n) is 6.82. The Bertz CT molecular complexity index is 250. The zero-order valence-electron chi connectivity index (χ0n) is 11.1. The van der Waals surface area contributed by atoms with Crippen molar-refractivity contribution in [1.29, 1.82) is 0 Å². The van der Waals surface area contributed by atoms with E-state index in [0.29, 0.717) is 6.04 Å². The molecule has 2 bridgehead atoms. The van der Waals surface area contributed by atoms with Crippen LogP contribution in [0.5, 0.6) is 0 Å². The molecule has 0 aliphatic carbocycles. The molecule has 0 aromatic carbocycles. The Hall–Kier alpha value is -0.810. The predicted molar refractivity (Wildman–Crippen MR) is 71.5 cm³/mol. The van der Waals surface area contributed by atoms with Gasteiger partial charge in [0, 0.05) is 51.9 Å². The van der Waals surface area contributed by atoms with Crippen molar-refractivity contribution in [1.82, 2.24) is 20.4 Å². The van der Waals surface area contributed by atoms with Crippen LogP contribution < -0.4 is 10.6 Å². The van der Waals surface area contributed by atoms with Crippen LogP contribution in [0, 0.1) is 0 Å². The minimum Gasteiger partial charge on any atom is -0.357 e. The maximum atomic E-state index is 4.67. The van der Waals surface area contributed by atoms with E-state index in [2.05, 4.69) is 39.3 Å². The van der Waals surface area contributed by atoms with Gasteiger partial charge in [0.2, 0.25) is 0 Å². The molecule has 17 heavy (non-hydrogen) atoms. The number of nitrogens with one attached hydrogen (secondary N) is 2. The molecule has 3 heterocycles. The van der Waals surface area contributed by atoms with Gasteiger partial charge in [0.1, 0.15) is 0 Å². The highest BCUT2D eigenvalue weighted by Crippen LogP contribution is 2.15. The van der Waals surface area contributed by atoms with Gasteiger partial charge in [-0.15, -0.1) is 0 Å². The number of aliphatic imine (C=N–C) groups is 1. The summed E-state index contributed by atoms with van der Waals surface area (Å²) in [5.41, 5.74) is 0. The molecule has 0 saturated carbocycles. The second kappa shape index (κ2) is 6.21. The van der Waals surface area contributed by atoms with Crippen molar-refractivity contribution < 1.29 is 0 Å². The maximum Gasteiger partial charge on any atom is 0.191 e. The molecule has 3 saturated heterocycles. The van der Waals surface area contributed by atoms with Crippen molar-refractivity contribution in [3.63, 3.8) is 0 Å². The highest BCUT2D eigenvalue weighted by Gasteiger charge is 2.31. The van der Waals surface area contributed by atoms with Crippen LogP contribution >= 0.6 is 0 Å². The Morgan fingerprint density at radius 3 is 2.24 bits per heavy atom. The van der Waals surface area contributed by atoms with E-state index < -0.39 is 0 Å². The fraction of sp³-hybridized carbons (Fsp3) is 0.917. The normalized spacial score (nSPS) is 31.1. The van der Waals surface area contributed by atoms with Gasteiger partial charge >= 0.3 is 0 Å². The Morgan fingerprint density at radius 1 is 1.12 bits per heavy atom. The average Bonchev–Trinajstić information content (AvgIpc) is 2.38. The van der Waals surface area contributed by atoms with Crippen LogP contribution in [0.1, 0.15) is 13.8 Å². The maximum absolute atomic E-state index is 4.67. The quantitative estimate of drug-likeness (QED) is 0.516. The van der Waals surface area contributed by atoms with E-state index in [0.717, 1.165) is 25.6 Å². The summed E-state index contributed by atoms with van der Waals surface area (Å²) in [6.45, 7) is 13.1. The lowest BCUT2D eigenvalue weighted by molar-refractivity contribution is 0.0174. The fourth-order valence-electron chi connectivity index (χ4n) is 2.60. The summed E-state index contributed by atoms with van der Waals surface area (Å²) in [5, 5.41) is 6.55. The van der Waals surface area contributed by atoms with E-state index in [1.165, 1.54) is 32.7 Å². The molecule has 98 valence electrons. The lowest BCUT2D eigenvalue weighted by atomic mass is 10.1. The first-order valence-corrected chi connectivity index (χ1v) is 6.82. The van der Waals surface area contributed by atoms with Gasteiger partial charge in [0.05, 0.1) is 6.54 Å². The van der Waals surface area contributed by atoms with Gasteiger partial charge in [0.15, 0.2) is 5.96 Å². The molecule has 3 fully saturated rings. The number of nitrogens with zero attached hydrogens (tertiary/aromatic N) is 3. The number of hydrogen-bond donors (Lipinski definition) is 2. The summed E-state index contributed by atoms with van der Waals surface area (Å²) < 4.78 is 0. The average molecular weight is 239 g/mol. The second-order valence-corrected chi connectivity index (χ2v) is 4.74. The van der Waals surface area contributed by atoms with Crippen LogP contribution in [0.15, 0.2) is 4.99 Å². The number of rotatable bonds is 4. The van der Waals surface area contributed by atoms with Crippen LogP contribution in [0.4, 0.5) is 0 Å². The van der Waals surface area contributed by atoms with Gasteiger partial charge in [0.25, 0.3) is 0 Å². The van der Waals surface area contributed by atoms with E-state index >= 15 is 0 Å². The van der Waals surface area contributed by atoms with Gasteiger partial charge in [-0.25, -0.2) is 0 Å². The van der Waals surface area contributed by atoms with Crippen LogP contribution in [0.3, 0.4) is 0 Å². The Kier molecular flexibility index (Phi) is 4.62. The highest BCUT2D eigenvalue weighted by atomic mass is 15.3. The molecule has 5 nitrogen and oxygen atoms in total. The molecular formula is C12H25N5. The second-order valence-electron chi connectivity index (χ2n) is 4.74. The van der Waals surface area contributed by atoms with Gasteiger partial charge in [-0.05, 0) is 13.8 Å². The van der Waals surface area contributed by atoms with Crippen molar-refractivity contribution in [2.45, 2.75) is 19.9 Å². The predicted octanol–water partition coefficient (Wildman–Crippen LogP) is -0.439. The third kappa shape index (κ3) is 3.33. The third-order valence-corrected chi connectivity index (χ3v) is 3.54. The van der Waals surface area contributed by atoms with E-state index in [-0.39, 0.29) is 0 Å². The molecule has 5 heteroatoms. The largest absolute Gasteiger partial charge is 0.357 e. The number of hydrogen-bond acceptors (Lipinski definition) is 3. The molecule has 1 unspecified atom stereocenters. The molecule has 3 aliphatic rings. The van der Waals surface area contributed by atoms with E-state index in [1.807, 2.05) is 0 Å². The van der Waals surface area contributed by atoms with E-state index in [1.54, 1.807) is 0 Å². The lowest BCUT2D eigenvalue weighted by Crippen LogP contribution is -2.62. The topological polar surface area (TPSA) is 42.9 Å². The molecule has 1 atom stereocenters. The molecule has 0 spiro atoms. The Labute approximate surface area is 104 Å². The number of guanidine groups is 1. The van der Waals surface area contributed by atoms with Gasteiger partial charge in [-0.1, -0.05) is 0 Å². The van der Waals surface area contributed by atoms with Crippen molar-refractivity contribution in [3.05, 3.63) is 0 Å². The zero-order chi connectivity index (χ0) is 12.1. The Morgan fingerprint density at radius 2 is 1.76 bits per heavy atom. The molecule has 2 N–H and O–H groups in total. The van der Waals surface area contributed by atoms with Crippen LogP contribution in [-0.4, -0.2) is 74.2 Å². The first kappa shape index (κ1) is 12.6. The monoisotopic (exact) mass is 239 g/mol. The summed E-state index contributed by atoms with van der Waals surface area (Å²) in [5.74, 6) is 0.952. The minimum atomic E-state index is 0.616. The third-order valence-electron chi connectivity index (χ3n) is 3.54. The molecule has 0 aromatic rings. The van der Waals surface area contributed by atoms with Crippen molar-refractivity contribution >= 4 is 5.96 Å². The molecule has 0 amide bonds. The van der Waals surface area contributed by atoms with Crippen molar-refractivity contribution in [3.8, 4) is 0 Å². The SMILES string of the molecule is CCNC(=NCC1CN2CCN1CC2)NCC. The van der Waals surface area contributed by atoms with Crippen LogP contribution in [0.2, 0.25) is 0 Å². The fourth-order valence-corrected chi connectivity index (χ4v) is 2.60. The summed E-state index contributed by atoms with van der Waals surface area (Å²) in [4.78, 5) is 9.81. The molecule has 0 aromatic heterocycles. The lowest BCUT2D eigenvalue weighted by Gasteiger charge is -2.47. The molecule has 0 radical (unpaired) electrons. The van der Waals surface area contributed by atoms with Gasteiger partial charge < -0.3 is 10.6 Å². The highest BCUT2D eigenvalue weighted by molar-refractivity contribution is 5.79. The first-order chi connectivity index (χ1) is 8.33.